The van der Waals surface area contributed by atoms with Gasteiger partial charge in [0.15, 0.2) is 0 Å². The minimum absolute atomic E-state index is 0.176. The highest BCUT2D eigenvalue weighted by Gasteiger charge is 1.99. The van der Waals surface area contributed by atoms with Crippen LogP contribution in [-0.2, 0) is 14.4 Å². The van der Waals surface area contributed by atoms with E-state index in [0.717, 1.165) is 25.7 Å². The minimum Gasteiger partial charge on any atom is -0.481 e. The van der Waals surface area contributed by atoms with Crippen molar-refractivity contribution in [3.63, 3.8) is 0 Å². The van der Waals surface area contributed by atoms with E-state index in [1.54, 1.807) is 6.92 Å². The smallest absolute Gasteiger partial charge is 0.330 e. The molecule has 0 amide bonds. The van der Waals surface area contributed by atoms with Crippen LogP contribution in [0.2, 0.25) is 0 Å². The van der Waals surface area contributed by atoms with Gasteiger partial charge in [0, 0.05) is 17.6 Å². The third-order valence-electron chi connectivity index (χ3n) is 9.20. The van der Waals surface area contributed by atoms with Crippen molar-refractivity contribution >= 4 is 17.9 Å². The Hall–Kier alpha value is -2.11. The Bertz CT molecular complexity index is 775. The van der Waals surface area contributed by atoms with Gasteiger partial charge in [0.05, 0.1) is 0 Å². The van der Waals surface area contributed by atoms with E-state index >= 15 is 0 Å². The molecular formula is C44H84O6. The lowest BCUT2D eigenvalue weighted by Crippen LogP contribution is -1.95. The Kier molecular flexibility index (Phi) is 46.9. The lowest BCUT2D eigenvalue weighted by atomic mass is 10.0. The number of carboxylic acids is 3. The van der Waals surface area contributed by atoms with Crippen molar-refractivity contribution in [2.75, 3.05) is 0 Å². The topological polar surface area (TPSA) is 112 Å². The average molecular weight is 709 g/mol. The zero-order chi connectivity index (χ0) is 37.9. The van der Waals surface area contributed by atoms with Crippen LogP contribution in [0.5, 0.6) is 0 Å². The molecule has 3 N–H and O–H groups in total. The van der Waals surface area contributed by atoms with Crippen LogP contribution in [0.4, 0.5) is 0 Å². The van der Waals surface area contributed by atoms with Gasteiger partial charge in [0.1, 0.15) is 0 Å². The van der Waals surface area contributed by atoms with E-state index in [1.165, 1.54) is 187 Å². The molecule has 0 rings (SSSR count). The van der Waals surface area contributed by atoms with E-state index in [4.69, 9.17) is 15.3 Å². The van der Waals surface area contributed by atoms with Crippen LogP contribution in [0.1, 0.15) is 240 Å². The maximum Gasteiger partial charge on any atom is 0.330 e. The molecule has 0 aliphatic rings. The number of aliphatic carboxylic acids is 3. The first kappa shape index (κ1) is 52.3. The molecule has 0 aliphatic heterocycles. The summed E-state index contributed by atoms with van der Waals surface area (Å²) in [5.41, 5.74) is 0.658. The van der Waals surface area contributed by atoms with E-state index in [0.29, 0.717) is 12.0 Å². The van der Waals surface area contributed by atoms with Gasteiger partial charge in [-0.2, -0.15) is 0 Å². The lowest BCUT2D eigenvalue weighted by molar-refractivity contribution is -0.137. The molecule has 296 valence electrons. The maximum atomic E-state index is 10.6. The Labute approximate surface area is 310 Å². The predicted octanol–water partition coefficient (Wildman–Crippen LogP) is 14.6. The molecule has 6 heteroatoms. The van der Waals surface area contributed by atoms with Gasteiger partial charge in [-0.05, 0) is 33.1 Å². The molecule has 0 spiro atoms. The van der Waals surface area contributed by atoms with Crippen molar-refractivity contribution in [2.45, 2.75) is 240 Å². The van der Waals surface area contributed by atoms with Crippen molar-refractivity contribution in [1.82, 2.24) is 0 Å². The largest absolute Gasteiger partial charge is 0.481 e. The predicted molar refractivity (Wildman–Crippen MR) is 215 cm³/mol. The van der Waals surface area contributed by atoms with E-state index in [2.05, 4.69) is 20.4 Å². The number of allylic oxidation sites excluding steroid dienone is 1. The highest BCUT2D eigenvalue weighted by Crippen LogP contribution is 2.15. The molecule has 0 aromatic heterocycles. The first-order valence-electron chi connectivity index (χ1n) is 21.1. The zero-order valence-corrected chi connectivity index (χ0v) is 33.7. The standard InChI is InChI=1S/C22H42O2.C18H36O2.C4H6O2/c1-3-4-5-6-7-8-9-10-11-12-13-14-15-16-17-18-19-20-21(2)22(23)24;1-2-3-4-5-6-7-8-9-10-11-12-13-14-15-16-17-18(19)20;1-3(2)4(5)6/h20H,3-19H2,1-2H3,(H,23,24);2-17H2,1H3,(H,19,20);1H2,2H3,(H,5,6). The van der Waals surface area contributed by atoms with Crippen LogP contribution in [0.3, 0.4) is 0 Å². The number of carbonyl (C=O) groups is 3. The van der Waals surface area contributed by atoms with Crippen molar-refractivity contribution in [1.29, 1.82) is 0 Å². The van der Waals surface area contributed by atoms with Gasteiger partial charge < -0.3 is 15.3 Å². The van der Waals surface area contributed by atoms with Crippen LogP contribution in [0.25, 0.3) is 0 Å². The van der Waals surface area contributed by atoms with Crippen molar-refractivity contribution in [2.24, 2.45) is 0 Å². The van der Waals surface area contributed by atoms with Gasteiger partial charge in [0.25, 0.3) is 0 Å². The lowest BCUT2D eigenvalue weighted by Gasteiger charge is -2.03. The molecule has 0 aromatic carbocycles. The summed E-state index contributed by atoms with van der Waals surface area (Å²) >= 11 is 0. The van der Waals surface area contributed by atoms with Gasteiger partial charge in [0.2, 0.25) is 0 Å². The maximum absolute atomic E-state index is 10.6. The van der Waals surface area contributed by atoms with Gasteiger partial charge in [-0.1, -0.05) is 213 Å². The zero-order valence-electron chi connectivity index (χ0n) is 33.7. The van der Waals surface area contributed by atoms with Gasteiger partial charge >= 0.3 is 17.9 Å². The Morgan fingerprint density at radius 3 is 0.880 bits per heavy atom. The molecule has 50 heavy (non-hydrogen) atoms. The van der Waals surface area contributed by atoms with Crippen molar-refractivity contribution in [3.05, 3.63) is 23.8 Å². The highest BCUT2D eigenvalue weighted by atomic mass is 16.4. The molecule has 0 saturated carbocycles. The second-order valence-electron chi connectivity index (χ2n) is 14.5. The molecule has 0 saturated heterocycles. The summed E-state index contributed by atoms with van der Waals surface area (Å²) in [5.74, 6) is -2.37. The summed E-state index contributed by atoms with van der Waals surface area (Å²) in [4.78, 5) is 30.6. The molecule has 0 radical (unpaired) electrons. The van der Waals surface area contributed by atoms with E-state index in [9.17, 15) is 14.4 Å². The van der Waals surface area contributed by atoms with E-state index < -0.39 is 17.9 Å². The van der Waals surface area contributed by atoms with Crippen LogP contribution in [0.15, 0.2) is 23.8 Å². The van der Waals surface area contributed by atoms with Crippen LogP contribution >= 0.6 is 0 Å². The van der Waals surface area contributed by atoms with Crippen molar-refractivity contribution < 1.29 is 29.7 Å². The number of hydrogen-bond donors (Lipinski definition) is 3. The van der Waals surface area contributed by atoms with Gasteiger partial charge in [-0.25, -0.2) is 9.59 Å². The average Bonchev–Trinajstić information content (AvgIpc) is 3.08. The second kappa shape index (κ2) is 44.9. The Morgan fingerprint density at radius 1 is 0.420 bits per heavy atom. The molecule has 0 atom stereocenters. The molecule has 0 heterocycles. The molecule has 6 nitrogen and oxygen atoms in total. The van der Waals surface area contributed by atoms with Crippen LogP contribution in [-0.4, -0.2) is 33.2 Å². The molecule has 0 aliphatic carbocycles. The summed E-state index contributed by atoms with van der Waals surface area (Å²) < 4.78 is 0. The van der Waals surface area contributed by atoms with Gasteiger partial charge in [-0.3, -0.25) is 4.79 Å². The van der Waals surface area contributed by atoms with Crippen LogP contribution < -0.4 is 0 Å². The fourth-order valence-corrected chi connectivity index (χ4v) is 5.75. The first-order valence-corrected chi connectivity index (χ1v) is 21.1. The summed E-state index contributed by atoms with van der Waals surface area (Å²) in [6.07, 6.45) is 45.0. The fourth-order valence-electron chi connectivity index (χ4n) is 5.75. The molecule has 0 fully saturated rings. The first-order chi connectivity index (χ1) is 24.1. The van der Waals surface area contributed by atoms with Gasteiger partial charge in [-0.15, -0.1) is 0 Å². The molecule has 0 aromatic rings. The normalized spacial score (nSPS) is 10.9. The quantitative estimate of drug-likeness (QED) is 0.0446. The summed E-state index contributed by atoms with van der Waals surface area (Å²) in [6.45, 7) is 10.8. The third kappa shape index (κ3) is 52.7. The summed E-state index contributed by atoms with van der Waals surface area (Å²) in [7, 11) is 0. The van der Waals surface area contributed by atoms with E-state index in [-0.39, 0.29) is 5.57 Å². The number of unbranched alkanes of at least 4 members (excludes halogenated alkanes) is 30. The monoisotopic (exact) mass is 709 g/mol. The number of rotatable bonds is 35. The molecule has 0 bridgehead atoms. The highest BCUT2D eigenvalue weighted by molar-refractivity contribution is 5.85. The minimum atomic E-state index is -0.935. The molecule has 0 unspecified atom stereocenters. The number of hydrogen-bond acceptors (Lipinski definition) is 3. The number of carboxylic acid groups (broad SMARTS) is 3. The summed E-state index contributed by atoms with van der Waals surface area (Å²) in [6, 6.07) is 0. The summed E-state index contributed by atoms with van der Waals surface area (Å²) in [5, 5.41) is 25.2. The van der Waals surface area contributed by atoms with E-state index in [1.807, 2.05) is 6.08 Å². The SMILES string of the molecule is C=C(C)C(=O)O.CCCCCCCCCCCCCCCCCC(=O)O.CCCCCCCCCCCCCCCCCCC=C(C)C(=O)O. The second-order valence-corrected chi connectivity index (χ2v) is 14.5. The third-order valence-corrected chi connectivity index (χ3v) is 9.20. The Balaban J connectivity index is -0.000000767. The van der Waals surface area contributed by atoms with Crippen molar-refractivity contribution in [3.8, 4) is 0 Å². The molecular weight excluding hydrogens is 624 g/mol. The fraction of sp³-hybridized carbons (Fsp3) is 0.841. The van der Waals surface area contributed by atoms with Crippen LogP contribution in [0, 0.1) is 0 Å². The Morgan fingerprint density at radius 2 is 0.660 bits per heavy atom.